The quantitative estimate of drug-likeness (QED) is 0.631. The zero-order valence-corrected chi connectivity index (χ0v) is 9.44. The number of hydrogen-bond donors (Lipinski definition) is 2. The van der Waals surface area contributed by atoms with E-state index >= 15 is 0 Å². The monoisotopic (exact) mass is 230 g/mol. The molecule has 3 N–H and O–H groups in total. The summed E-state index contributed by atoms with van der Waals surface area (Å²) in [5.74, 6) is -1.77. The average molecular weight is 230 g/mol. The number of ether oxygens (including phenoxy) is 1. The maximum atomic E-state index is 12.0. The van der Waals surface area contributed by atoms with Gasteiger partial charge in [0.1, 0.15) is 0 Å². The summed E-state index contributed by atoms with van der Waals surface area (Å²) in [6.45, 7) is 3.50. The molecule has 1 aliphatic rings. The first-order valence-electron chi connectivity index (χ1n) is 5.41. The highest BCUT2D eigenvalue weighted by Crippen LogP contribution is 2.15. The molecule has 0 bridgehead atoms. The molecule has 1 saturated heterocycles. The van der Waals surface area contributed by atoms with Crippen molar-refractivity contribution in [2.45, 2.75) is 25.3 Å². The molecule has 1 rings (SSSR count). The molecule has 6 nitrogen and oxygen atoms in total. The van der Waals surface area contributed by atoms with E-state index in [1.165, 1.54) is 4.90 Å². The minimum atomic E-state index is -1.79. The van der Waals surface area contributed by atoms with Crippen molar-refractivity contribution < 1.29 is 19.4 Å². The smallest absolute Gasteiger partial charge is 0.333 e. The van der Waals surface area contributed by atoms with Gasteiger partial charge in [0.05, 0.1) is 13.2 Å². The molecule has 1 unspecified atom stereocenters. The standard InChI is InChI=1S/C10H18N2O4/c1-2-3-10(11,9(14)15)8(13)12-4-6-16-7-5-12/h2-7,11H2,1H3,(H,14,15). The molecule has 1 atom stereocenters. The molecule has 1 amide bonds. The molecular formula is C10H18N2O4. The molecule has 0 aliphatic carbocycles. The lowest BCUT2D eigenvalue weighted by molar-refractivity contribution is -0.155. The lowest BCUT2D eigenvalue weighted by Gasteiger charge is -2.33. The predicted octanol–water partition coefficient (Wildman–Crippen LogP) is -0.573. The van der Waals surface area contributed by atoms with Crippen LogP contribution in [-0.4, -0.2) is 53.7 Å². The van der Waals surface area contributed by atoms with Gasteiger partial charge in [-0.2, -0.15) is 0 Å². The van der Waals surface area contributed by atoms with Crippen molar-refractivity contribution >= 4 is 11.9 Å². The molecule has 0 radical (unpaired) electrons. The topological polar surface area (TPSA) is 92.9 Å². The number of nitrogens with zero attached hydrogens (tertiary/aromatic N) is 1. The Balaban J connectivity index is 2.77. The van der Waals surface area contributed by atoms with Crippen LogP contribution in [0.2, 0.25) is 0 Å². The van der Waals surface area contributed by atoms with Crippen LogP contribution in [0.3, 0.4) is 0 Å². The first-order chi connectivity index (χ1) is 7.52. The van der Waals surface area contributed by atoms with Crippen molar-refractivity contribution in [3.8, 4) is 0 Å². The molecule has 1 fully saturated rings. The van der Waals surface area contributed by atoms with Crippen molar-refractivity contribution in [3.63, 3.8) is 0 Å². The molecule has 0 aromatic rings. The number of morpholine rings is 1. The largest absolute Gasteiger partial charge is 0.479 e. The maximum absolute atomic E-state index is 12.0. The van der Waals surface area contributed by atoms with Crippen LogP contribution in [0.1, 0.15) is 19.8 Å². The summed E-state index contributed by atoms with van der Waals surface area (Å²) in [4.78, 5) is 24.6. The van der Waals surface area contributed by atoms with E-state index in [1.807, 2.05) is 0 Å². The van der Waals surface area contributed by atoms with Gasteiger partial charge in [-0.15, -0.1) is 0 Å². The van der Waals surface area contributed by atoms with Gasteiger partial charge < -0.3 is 20.5 Å². The number of carbonyl (C=O) groups is 2. The van der Waals surface area contributed by atoms with E-state index < -0.39 is 17.4 Å². The van der Waals surface area contributed by atoms with Gasteiger partial charge in [0, 0.05) is 13.1 Å². The number of hydrogen-bond acceptors (Lipinski definition) is 4. The molecule has 0 aromatic carbocycles. The summed E-state index contributed by atoms with van der Waals surface area (Å²) in [5, 5.41) is 9.06. The lowest BCUT2D eigenvalue weighted by atomic mass is 9.93. The Labute approximate surface area is 94.3 Å². The van der Waals surface area contributed by atoms with Crippen LogP contribution in [0.25, 0.3) is 0 Å². The van der Waals surface area contributed by atoms with Gasteiger partial charge in [-0.3, -0.25) is 4.79 Å². The van der Waals surface area contributed by atoms with E-state index in [9.17, 15) is 9.59 Å². The van der Waals surface area contributed by atoms with Gasteiger partial charge in [-0.25, -0.2) is 4.79 Å². The van der Waals surface area contributed by atoms with Crippen LogP contribution in [-0.2, 0) is 14.3 Å². The Morgan fingerprint density at radius 3 is 2.44 bits per heavy atom. The van der Waals surface area contributed by atoms with E-state index in [2.05, 4.69) is 0 Å². The molecule has 6 heteroatoms. The Morgan fingerprint density at radius 2 is 2.00 bits per heavy atom. The summed E-state index contributed by atoms with van der Waals surface area (Å²) >= 11 is 0. The number of aliphatic carboxylic acids is 1. The van der Waals surface area contributed by atoms with E-state index in [4.69, 9.17) is 15.6 Å². The normalized spacial score (nSPS) is 20.2. The first-order valence-corrected chi connectivity index (χ1v) is 5.41. The van der Waals surface area contributed by atoms with E-state index in [0.717, 1.165) is 0 Å². The summed E-state index contributed by atoms with van der Waals surface area (Å²) in [5.41, 5.74) is 3.91. The molecule has 16 heavy (non-hydrogen) atoms. The van der Waals surface area contributed by atoms with Gasteiger partial charge in [0.15, 0.2) is 5.54 Å². The Bertz CT molecular complexity index is 276. The molecule has 0 spiro atoms. The van der Waals surface area contributed by atoms with Crippen LogP contribution >= 0.6 is 0 Å². The predicted molar refractivity (Wildman–Crippen MR) is 56.9 cm³/mol. The van der Waals surface area contributed by atoms with Gasteiger partial charge in [-0.05, 0) is 6.42 Å². The van der Waals surface area contributed by atoms with E-state index in [-0.39, 0.29) is 6.42 Å². The molecule has 0 saturated carbocycles. The summed E-state index contributed by atoms with van der Waals surface area (Å²) in [6.07, 6.45) is 0.706. The minimum absolute atomic E-state index is 0.151. The van der Waals surface area contributed by atoms with Crippen LogP contribution in [0.4, 0.5) is 0 Å². The molecule has 92 valence electrons. The van der Waals surface area contributed by atoms with Crippen molar-refractivity contribution in [2.24, 2.45) is 5.73 Å². The van der Waals surface area contributed by atoms with Crippen LogP contribution in [0.15, 0.2) is 0 Å². The fourth-order valence-corrected chi connectivity index (χ4v) is 1.75. The van der Waals surface area contributed by atoms with E-state index in [1.54, 1.807) is 6.92 Å². The van der Waals surface area contributed by atoms with Gasteiger partial charge in [0.25, 0.3) is 5.91 Å². The van der Waals surface area contributed by atoms with Gasteiger partial charge in [-0.1, -0.05) is 13.3 Å². The van der Waals surface area contributed by atoms with Crippen LogP contribution < -0.4 is 5.73 Å². The number of rotatable bonds is 4. The zero-order valence-electron chi connectivity index (χ0n) is 9.44. The number of nitrogens with two attached hydrogens (primary N) is 1. The van der Waals surface area contributed by atoms with Crippen LogP contribution in [0, 0.1) is 0 Å². The Hall–Kier alpha value is -1.14. The zero-order chi connectivity index (χ0) is 12.2. The average Bonchev–Trinajstić information content (AvgIpc) is 2.29. The van der Waals surface area contributed by atoms with Gasteiger partial charge >= 0.3 is 5.97 Å². The number of amides is 1. The third kappa shape index (κ3) is 2.51. The highest BCUT2D eigenvalue weighted by atomic mass is 16.5. The van der Waals surface area contributed by atoms with Crippen molar-refractivity contribution in [3.05, 3.63) is 0 Å². The lowest BCUT2D eigenvalue weighted by Crippen LogP contribution is -2.62. The van der Waals surface area contributed by atoms with E-state index in [0.29, 0.717) is 32.7 Å². The maximum Gasteiger partial charge on any atom is 0.333 e. The third-order valence-corrected chi connectivity index (χ3v) is 2.71. The second kappa shape index (κ2) is 5.27. The molecular weight excluding hydrogens is 212 g/mol. The molecule has 1 heterocycles. The molecule has 0 aromatic heterocycles. The Morgan fingerprint density at radius 1 is 1.44 bits per heavy atom. The first kappa shape index (κ1) is 12.9. The number of carboxylic acids is 1. The third-order valence-electron chi connectivity index (χ3n) is 2.71. The summed E-state index contributed by atoms with van der Waals surface area (Å²) in [7, 11) is 0. The Kier molecular flexibility index (Phi) is 4.26. The minimum Gasteiger partial charge on any atom is -0.479 e. The fourth-order valence-electron chi connectivity index (χ4n) is 1.75. The fraction of sp³-hybridized carbons (Fsp3) is 0.800. The highest BCUT2D eigenvalue weighted by molar-refractivity contribution is 6.06. The molecule has 1 aliphatic heterocycles. The van der Waals surface area contributed by atoms with Gasteiger partial charge in [0.2, 0.25) is 0 Å². The second-order valence-corrected chi connectivity index (χ2v) is 3.93. The summed E-state index contributed by atoms with van der Waals surface area (Å²) < 4.78 is 5.10. The number of carbonyl (C=O) groups excluding carboxylic acids is 1. The number of carboxylic acid groups (broad SMARTS) is 1. The second-order valence-electron chi connectivity index (χ2n) is 3.93. The summed E-state index contributed by atoms with van der Waals surface area (Å²) in [6, 6.07) is 0. The van der Waals surface area contributed by atoms with Crippen molar-refractivity contribution in [1.82, 2.24) is 4.90 Å². The highest BCUT2D eigenvalue weighted by Gasteiger charge is 2.44. The van der Waals surface area contributed by atoms with Crippen molar-refractivity contribution in [1.29, 1.82) is 0 Å². The van der Waals surface area contributed by atoms with Crippen LogP contribution in [0.5, 0.6) is 0 Å². The van der Waals surface area contributed by atoms with Crippen molar-refractivity contribution in [2.75, 3.05) is 26.3 Å². The SMILES string of the molecule is CCCC(N)(C(=O)O)C(=O)N1CCOCC1.